The molecule has 1 N–H and O–H groups in total. The monoisotopic (exact) mass is 357 g/mol. The molecule has 2 atom stereocenters. The Balaban J connectivity index is 1.59. The fourth-order valence-corrected chi connectivity index (χ4v) is 3.21. The standard InChI is InChI=1S/C17H16FN5O3/c1-25-14-8-23(7-12(14)13-6-20-22-21-13)17(24)15-16(26-9-19-15)10-2-4-11(18)5-3-10/h2-6,9,12,14H,7-8H2,1H3,(H,20,21,22)/t12-,14+/m0/s1. The molecular formula is C17H16FN5O3. The topological polar surface area (TPSA) is 97.1 Å². The van der Waals surface area contributed by atoms with Gasteiger partial charge in [-0.25, -0.2) is 9.37 Å². The van der Waals surface area contributed by atoms with Gasteiger partial charge in [0, 0.05) is 25.8 Å². The lowest BCUT2D eigenvalue weighted by Gasteiger charge is -2.15. The molecule has 1 aliphatic rings. The van der Waals surface area contributed by atoms with Crippen LogP contribution in [0.25, 0.3) is 11.3 Å². The van der Waals surface area contributed by atoms with E-state index in [9.17, 15) is 9.18 Å². The number of oxazole rings is 1. The van der Waals surface area contributed by atoms with Crippen LogP contribution in [-0.4, -0.2) is 57.5 Å². The number of benzene rings is 1. The summed E-state index contributed by atoms with van der Waals surface area (Å²) in [6, 6.07) is 5.71. The van der Waals surface area contributed by atoms with Crippen molar-refractivity contribution in [1.82, 2.24) is 25.3 Å². The van der Waals surface area contributed by atoms with E-state index < -0.39 is 0 Å². The van der Waals surface area contributed by atoms with Gasteiger partial charge in [-0.15, -0.1) is 0 Å². The summed E-state index contributed by atoms with van der Waals surface area (Å²) < 4.78 is 24.0. The predicted molar refractivity (Wildman–Crippen MR) is 87.7 cm³/mol. The molecule has 3 heterocycles. The molecule has 8 nitrogen and oxygen atoms in total. The van der Waals surface area contributed by atoms with E-state index in [1.54, 1.807) is 30.3 Å². The Morgan fingerprint density at radius 2 is 2.15 bits per heavy atom. The Morgan fingerprint density at radius 1 is 1.35 bits per heavy atom. The quantitative estimate of drug-likeness (QED) is 0.765. The predicted octanol–water partition coefficient (Wildman–Crippen LogP) is 1.85. The zero-order chi connectivity index (χ0) is 18.1. The summed E-state index contributed by atoms with van der Waals surface area (Å²) >= 11 is 0. The van der Waals surface area contributed by atoms with Crippen molar-refractivity contribution in [2.75, 3.05) is 20.2 Å². The van der Waals surface area contributed by atoms with Gasteiger partial charge in [-0.3, -0.25) is 4.79 Å². The zero-order valence-electron chi connectivity index (χ0n) is 13.9. The highest BCUT2D eigenvalue weighted by molar-refractivity contribution is 5.97. The second-order valence-electron chi connectivity index (χ2n) is 6.02. The van der Waals surface area contributed by atoms with Crippen LogP contribution < -0.4 is 0 Å². The third kappa shape index (κ3) is 2.86. The first-order chi connectivity index (χ1) is 12.7. The second kappa shape index (κ2) is 6.68. The molecule has 0 spiro atoms. The number of amides is 1. The Kier molecular flexibility index (Phi) is 4.21. The molecule has 0 aliphatic carbocycles. The highest BCUT2D eigenvalue weighted by Crippen LogP contribution is 2.31. The SMILES string of the molecule is CO[C@@H]1CN(C(=O)c2ncoc2-c2ccc(F)cc2)C[C@H]1c1cn[nH]n1. The van der Waals surface area contributed by atoms with Gasteiger partial charge in [0.25, 0.3) is 5.91 Å². The number of aromatic nitrogens is 4. The minimum atomic E-state index is -0.362. The lowest BCUT2D eigenvalue weighted by Crippen LogP contribution is -2.30. The number of H-pyrrole nitrogens is 1. The van der Waals surface area contributed by atoms with Crippen molar-refractivity contribution in [2.45, 2.75) is 12.0 Å². The molecule has 1 aromatic carbocycles. The number of rotatable bonds is 4. The van der Waals surface area contributed by atoms with E-state index in [0.717, 1.165) is 5.69 Å². The van der Waals surface area contributed by atoms with Gasteiger partial charge in [0.15, 0.2) is 17.8 Å². The number of nitrogens with zero attached hydrogens (tertiary/aromatic N) is 4. The smallest absolute Gasteiger partial charge is 0.276 e. The molecule has 2 aromatic heterocycles. The van der Waals surface area contributed by atoms with Crippen molar-refractivity contribution in [3.63, 3.8) is 0 Å². The molecule has 134 valence electrons. The molecule has 9 heteroatoms. The van der Waals surface area contributed by atoms with E-state index in [-0.39, 0.29) is 29.4 Å². The molecular weight excluding hydrogens is 341 g/mol. The van der Waals surface area contributed by atoms with Crippen LogP contribution in [0, 0.1) is 5.82 Å². The summed E-state index contributed by atoms with van der Waals surface area (Å²) in [5, 5.41) is 10.5. The molecule has 0 bridgehead atoms. The minimum absolute atomic E-state index is 0.0797. The van der Waals surface area contributed by atoms with Crippen LogP contribution >= 0.6 is 0 Å². The molecule has 0 unspecified atom stereocenters. The third-order valence-electron chi connectivity index (χ3n) is 4.55. The van der Waals surface area contributed by atoms with Crippen molar-refractivity contribution in [1.29, 1.82) is 0 Å². The molecule has 0 radical (unpaired) electrons. The molecule has 1 fully saturated rings. The molecule has 1 amide bonds. The van der Waals surface area contributed by atoms with Gasteiger partial charge in [-0.2, -0.15) is 15.4 Å². The van der Waals surface area contributed by atoms with Gasteiger partial charge in [-0.05, 0) is 24.3 Å². The summed E-state index contributed by atoms with van der Waals surface area (Å²) in [7, 11) is 1.60. The lowest BCUT2D eigenvalue weighted by molar-refractivity contribution is 0.0710. The fraction of sp³-hybridized carbons (Fsp3) is 0.294. The highest BCUT2D eigenvalue weighted by Gasteiger charge is 2.39. The third-order valence-corrected chi connectivity index (χ3v) is 4.55. The maximum atomic E-state index is 13.1. The number of hydrogen-bond donors (Lipinski definition) is 1. The van der Waals surface area contributed by atoms with Crippen LogP contribution in [0.3, 0.4) is 0 Å². The summed E-state index contributed by atoms with van der Waals surface area (Å²) in [6.07, 6.45) is 2.65. The largest absolute Gasteiger partial charge is 0.443 e. The van der Waals surface area contributed by atoms with E-state index >= 15 is 0 Å². The molecule has 3 aromatic rings. The van der Waals surface area contributed by atoms with Gasteiger partial charge in [0.05, 0.1) is 23.9 Å². The van der Waals surface area contributed by atoms with Gasteiger partial charge in [0.2, 0.25) is 0 Å². The molecule has 4 rings (SSSR count). The first kappa shape index (κ1) is 16.4. The lowest BCUT2D eigenvalue weighted by atomic mass is 10.0. The minimum Gasteiger partial charge on any atom is -0.443 e. The fourth-order valence-electron chi connectivity index (χ4n) is 3.21. The van der Waals surface area contributed by atoms with Crippen molar-refractivity contribution in [3.8, 4) is 11.3 Å². The molecule has 26 heavy (non-hydrogen) atoms. The number of aromatic amines is 1. The maximum absolute atomic E-state index is 13.1. The van der Waals surface area contributed by atoms with Crippen LogP contribution in [-0.2, 0) is 4.74 Å². The second-order valence-corrected chi connectivity index (χ2v) is 6.02. The molecule has 1 saturated heterocycles. The van der Waals surface area contributed by atoms with E-state index in [1.165, 1.54) is 18.5 Å². The van der Waals surface area contributed by atoms with Crippen molar-refractivity contribution in [2.24, 2.45) is 0 Å². The van der Waals surface area contributed by atoms with Crippen LogP contribution in [0.1, 0.15) is 22.1 Å². The zero-order valence-corrected chi connectivity index (χ0v) is 13.9. The van der Waals surface area contributed by atoms with Gasteiger partial charge >= 0.3 is 0 Å². The van der Waals surface area contributed by atoms with E-state index in [4.69, 9.17) is 9.15 Å². The average Bonchev–Trinajstić information content (AvgIpc) is 3.40. The average molecular weight is 357 g/mol. The summed E-state index contributed by atoms with van der Waals surface area (Å²) in [6.45, 7) is 0.835. The number of ether oxygens (including phenoxy) is 1. The Labute approximate surface area is 148 Å². The van der Waals surface area contributed by atoms with Gasteiger partial charge in [0.1, 0.15) is 5.82 Å². The molecule has 0 saturated carbocycles. The Hall–Kier alpha value is -3.07. The van der Waals surface area contributed by atoms with E-state index in [2.05, 4.69) is 20.4 Å². The number of hydrogen-bond acceptors (Lipinski definition) is 6. The number of methoxy groups -OCH3 is 1. The van der Waals surface area contributed by atoms with Gasteiger partial charge in [-0.1, -0.05) is 0 Å². The summed E-state index contributed by atoms with van der Waals surface area (Å²) in [4.78, 5) is 18.7. The number of carbonyl (C=O) groups excluding carboxylic acids is 1. The van der Waals surface area contributed by atoms with Crippen molar-refractivity contribution < 1.29 is 18.3 Å². The van der Waals surface area contributed by atoms with E-state index in [0.29, 0.717) is 24.4 Å². The Morgan fingerprint density at radius 3 is 2.85 bits per heavy atom. The number of likely N-dealkylation sites (tertiary alicyclic amines) is 1. The number of nitrogens with one attached hydrogen (secondary N) is 1. The molecule has 1 aliphatic heterocycles. The van der Waals surface area contributed by atoms with Gasteiger partial charge < -0.3 is 14.1 Å². The maximum Gasteiger partial charge on any atom is 0.276 e. The summed E-state index contributed by atoms with van der Waals surface area (Å²) in [5.74, 6) is -0.400. The normalized spacial score (nSPS) is 19.8. The van der Waals surface area contributed by atoms with Crippen molar-refractivity contribution >= 4 is 5.91 Å². The number of carbonyl (C=O) groups is 1. The van der Waals surface area contributed by atoms with Crippen LogP contribution in [0.5, 0.6) is 0 Å². The van der Waals surface area contributed by atoms with Crippen LogP contribution in [0.15, 0.2) is 41.3 Å². The van der Waals surface area contributed by atoms with Crippen molar-refractivity contribution in [3.05, 3.63) is 54.1 Å². The first-order valence-corrected chi connectivity index (χ1v) is 8.04. The van der Waals surface area contributed by atoms with E-state index in [1.807, 2.05) is 0 Å². The number of halogens is 1. The highest BCUT2D eigenvalue weighted by atomic mass is 19.1. The summed E-state index contributed by atoms with van der Waals surface area (Å²) in [5.41, 5.74) is 1.51. The Bertz CT molecular complexity index is 894. The van der Waals surface area contributed by atoms with Crippen LogP contribution in [0.2, 0.25) is 0 Å². The van der Waals surface area contributed by atoms with Crippen LogP contribution in [0.4, 0.5) is 4.39 Å². The first-order valence-electron chi connectivity index (χ1n) is 8.04.